The Morgan fingerprint density at radius 2 is 1.76 bits per heavy atom. The number of hydrogen-bond donors (Lipinski definition) is 3. The van der Waals surface area contributed by atoms with E-state index in [0.717, 1.165) is 40.9 Å². The van der Waals surface area contributed by atoms with Crippen LogP contribution in [0.4, 0.5) is 21.6 Å². The molecule has 1 aliphatic rings. The molecule has 0 bridgehead atoms. The van der Waals surface area contributed by atoms with E-state index in [4.69, 9.17) is 0 Å². The Bertz CT molecular complexity index is 1540. The third kappa shape index (κ3) is 6.07. The lowest BCUT2D eigenvalue weighted by Gasteiger charge is -2.17. The van der Waals surface area contributed by atoms with Gasteiger partial charge in [-0.05, 0) is 84.5 Å². The van der Waals surface area contributed by atoms with Crippen molar-refractivity contribution < 1.29 is 17.6 Å². The van der Waals surface area contributed by atoms with Crippen LogP contribution in [0.25, 0.3) is 0 Å². The molecule has 1 aliphatic carbocycles. The molecule has 3 aromatic carbocycles. The van der Waals surface area contributed by atoms with Crippen molar-refractivity contribution in [2.24, 2.45) is 0 Å². The Kier molecular flexibility index (Phi) is 7.48. The molecule has 0 saturated heterocycles. The number of aromatic nitrogens is 1. The second kappa shape index (κ2) is 11.1. The third-order valence-electron chi connectivity index (χ3n) is 6.47. The van der Waals surface area contributed by atoms with Gasteiger partial charge in [-0.25, -0.2) is 22.5 Å². The first kappa shape index (κ1) is 25.6. The topological polar surface area (TPSA) is 100 Å². The van der Waals surface area contributed by atoms with E-state index in [2.05, 4.69) is 20.3 Å². The fourth-order valence-electron chi connectivity index (χ4n) is 4.53. The summed E-state index contributed by atoms with van der Waals surface area (Å²) in [5.74, 6) is -0.122. The molecule has 0 fully saturated rings. The number of nitrogens with one attached hydrogen (secondary N) is 3. The summed E-state index contributed by atoms with van der Waals surface area (Å²) in [7, 11) is -3.82. The number of aryl methyl sites for hydroxylation is 2. The first-order valence-corrected chi connectivity index (χ1v) is 13.8. The van der Waals surface area contributed by atoms with Crippen molar-refractivity contribution in [2.45, 2.75) is 36.6 Å². The van der Waals surface area contributed by atoms with E-state index in [9.17, 15) is 17.6 Å². The lowest BCUT2D eigenvalue weighted by atomic mass is 10.1. The number of benzene rings is 3. The van der Waals surface area contributed by atoms with E-state index in [-0.39, 0.29) is 10.8 Å². The molecule has 1 atom stereocenters. The Morgan fingerprint density at radius 1 is 0.974 bits per heavy atom. The summed E-state index contributed by atoms with van der Waals surface area (Å²) in [5.41, 5.74) is 4.28. The fourth-order valence-corrected chi connectivity index (χ4v) is 5.78. The predicted molar refractivity (Wildman–Crippen MR) is 145 cm³/mol. The minimum Gasteiger partial charge on any atom is -0.338 e. The Morgan fingerprint density at radius 3 is 2.55 bits per heavy atom. The molecule has 1 amide bonds. The summed E-state index contributed by atoms with van der Waals surface area (Å²) in [6.07, 6.45) is 3.96. The van der Waals surface area contributed by atoms with E-state index in [1.807, 2.05) is 48.5 Å². The van der Waals surface area contributed by atoms with Crippen molar-refractivity contribution in [2.75, 3.05) is 10.6 Å². The molecule has 1 unspecified atom stereocenters. The number of nitrogens with zero attached hydrogens (tertiary/aromatic N) is 1. The van der Waals surface area contributed by atoms with Gasteiger partial charge in [0, 0.05) is 24.3 Å². The van der Waals surface area contributed by atoms with Gasteiger partial charge in [-0.2, -0.15) is 0 Å². The standard InChI is InChI=1S/C29H27FN4O3S/c30-22-11-14-24(15-12-22)38(36,37)34-26-16-10-21-9-13-23(19-25(21)26)32-29-27(7-4-18-31-29)33-28(35)17-8-20-5-2-1-3-6-20/h1-7,9,11-15,18-19,26,34H,8,10,16-17H2,(H,31,32)(H,33,35). The first-order chi connectivity index (χ1) is 18.4. The van der Waals surface area contributed by atoms with E-state index in [1.165, 1.54) is 12.1 Å². The molecular formula is C29H27FN4O3S. The fraction of sp³-hybridized carbons (Fsp3) is 0.172. The zero-order chi connectivity index (χ0) is 26.5. The highest BCUT2D eigenvalue weighted by Crippen LogP contribution is 2.35. The highest BCUT2D eigenvalue weighted by atomic mass is 32.2. The Labute approximate surface area is 221 Å². The SMILES string of the molecule is O=C(CCc1ccccc1)Nc1cccnc1Nc1ccc2c(c1)C(NS(=O)(=O)c1ccc(F)cc1)CC2. The average Bonchev–Trinajstić information content (AvgIpc) is 3.30. The maximum atomic E-state index is 13.3. The van der Waals surface area contributed by atoms with Crippen LogP contribution in [0.15, 0.2) is 96.0 Å². The van der Waals surface area contributed by atoms with Crippen LogP contribution in [-0.4, -0.2) is 19.3 Å². The van der Waals surface area contributed by atoms with Crippen molar-refractivity contribution >= 4 is 33.1 Å². The van der Waals surface area contributed by atoms with Crippen LogP contribution in [0.3, 0.4) is 0 Å². The lowest BCUT2D eigenvalue weighted by Crippen LogP contribution is -2.27. The summed E-state index contributed by atoms with van der Waals surface area (Å²) < 4.78 is 41.8. The summed E-state index contributed by atoms with van der Waals surface area (Å²) in [6.45, 7) is 0. The number of anilines is 3. The van der Waals surface area contributed by atoms with Crippen LogP contribution in [0.5, 0.6) is 0 Å². The number of sulfonamides is 1. The maximum Gasteiger partial charge on any atom is 0.241 e. The van der Waals surface area contributed by atoms with Crippen molar-refractivity contribution in [3.8, 4) is 0 Å². The minimum atomic E-state index is -3.82. The molecule has 0 saturated carbocycles. The van der Waals surface area contributed by atoms with Crippen LogP contribution in [0.2, 0.25) is 0 Å². The van der Waals surface area contributed by atoms with Gasteiger partial charge in [0.25, 0.3) is 0 Å². The highest BCUT2D eigenvalue weighted by molar-refractivity contribution is 7.89. The van der Waals surface area contributed by atoms with Crippen molar-refractivity contribution in [1.29, 1.82) is 0 Å². The highest BCUT2D eigenvalue weighted by Gasteiger charge is 2.28. The number of pyridine rings is 1. The maximum absolute atomic E-state index is 13.3. The van der Waals surface area contributed by atoms with Crippen LogP contribution in [0, 0.1) is 5.82 Å². The Balaban J connectivity index is 1.28. The largest absolute Gasteiger partial charge is 0.338 e. The van der Waals surface area contributed by atoms with E-state index < -0.39 is 21.9 Å². The van der Waals surface area contributed by atoms with Crippen LogP contribution in [0.1, 0.15) is 35.6 Å². The second-order valence-corrected chi connectivity index (χ2v) is 10.9. The summed E-state index contributed by atoms with van der Waals surface area (Å²) in [4.78, 5) is 17.0. The number of carbonyl (C=O) groups is 1. The molecule has 38 heavy (non-hydrogen) atoms. The van der Waals surface area contributed by atoms with Gasteiger partial charge >= 0.3 is 0 Å². The van der Waals surface area contributed by atoms with Crippen LogP contribution < -0.4 is 15.4 Å². The minimum absolute atomic E-state index is 0.0164. The predicted octanol–water partition coefficient (Wildman–Crippen LogP) is 5.50. The van der Waals surface area contributed by atoms with Crippen LogP contribution >= 0.6 is 0 Å². The number of carbonyl (C=O) groups excluding carboxylic acids is 1. The molecule has 194 valence electrons. The van der Waals surface area contributed by atoms with Gasteiger partial charge in [0.2, 0.25) is 15.9 Å². The molecule has 3 N–H and O–H groups in total. The van der Waals surface area contributed by atoms with Crippen molar-refractivity contribution in [1.82, 2.24) is 9.71 Å². The molecule has 5 rings (SSSR count). The molecule has 7 nitrogen and oxygen atoms in total. The molecule has 0 radical (unpaired) electrons. The van der Waals surface area contributed by atoms with Gasteiger partial charge in [0.1, 0.15) is 5.82 Å². The van der Waals surface area contributed by atoms with Crippen LogP contribution in [-0.2, 0) is 27.7 Å². The summed E-state index contributed by atoms with van der Waals surface area (Å²) in [6, 6.07) is 23.5. The second-order valence-electron chi connectivity index (χ2n) is 9.14. The smallest absolute Gasteiger partial charge is 0.241 e. The van der Waals surface area contributed by atoms with Crippen molar-refractivity contribution in [3.63, 3.8) is 0 Å². The van der Waals surface area contributed by atoms with Gasteiger partial charge in [-0.1, -0.05) is 36.4 Å². The van der Waals surface area contributed by atoms with Gasteiger partial charge in [0.05, 0.1) is 10.6 Å². The number of halogens is 1. The summed E-state index contributed by atoms with van der Waals surface area (Å²) >= 11 is 0. The number of rotatable bonds is 9. The molecule has 9 heteroatoms. The molecule has 4 aromatic rings. The molecular weight excluding hydrogens is 503 g/mol. The lowest BCUT2D eigenvalue weighted by molar-refractivity contribution is -0.116. The number of amides is 1. The first-order valence-electron chi connectivity index (χ1n) is 12.3. The van der Waals surface area contributed by atoms with Gasteiger partial charge in [-0.3, -0.25) is 4.79 Å². The van der Waals surface area contributed by atoms with Gasteiger partial charge in [-0.15, -0.1) is 0 Å². The molecule has 1 heterocycles. The molecule has 1 aromatic heterocycles. The van der Waals surface area contributed by atoms with E-state index in [1.54, 1.807) is 18.3 Å². The normalized spacial score (nSPS) is 14.6. The van der Waals surface area contributed by atoms with E-state index in [0.29, 0.717) is 30.8 Å². The summed E-state index contributed by atoms with van der Waals surface area (Å²) in [5, 5.41) is 6.19. The number of hydrogen-bond acceptors (Lipinski definition) is 5. The quantitative estimate of drug-likeness (QED) is 0.265. The van der Waals surface area contributed by atoms with Crippen molar-refractivity contribution in [3.05, 3.63) is 114 Å². The van der Waals surface area contributed by atoms with Gasteiger partial charge in [0.15, 0.2) is 5.82 Å². The van der Waals surface area contributed by atoms with Gasteiger partial charge < -0.3 is 10.6 Å². The van der Waals surface area contributed by atoms with E-state index >= 15 is 0 Å². The average molecular weight is 531 g/mol. The monoisotopic (exact) mass is 530 g/mol. The molecule has 0 aliphatic heterocycles. The third-order valence-corrected chi connectivity index (χ3v) is 7.96. The Hall–Kier alpha value is -4.08. The molecule has 0 spiro atoms. The zero-order valence-corrected chi connectivity index (χ0v) is 21.3. The number of fused-ring (bicyclic) bond motifs is 1. The zero-order valence-electron chi connectivity index (χ0n) is 20.5.